The Balaban J connectivity index is 1.91. The van der Waals surface area contributed by atoms with E-state index >= 15 is 0 Å². The second kappa shape index (κ2) is 4.98. The van der Waals surface area contributed by atoms with Gasteiger partial charge in [-0.2, -0.15) is 5.10 Å². The predicted molar refractivity (Wildman–Crippen MR) is 78.4 cm³/mol. The van der Waals surface area contributed by atoms with Crippen LogP contribution in [0.25, 0.3) is 17.4 Å². The van der Waals surface area contributed by atoms with Crippen molar-refractivity contribution in [2.45, 2.75) is 6.92 Å². The van der Waals surface area contributed by atoms with Crippen LogP contribution < -0.4 is 5.43 Å². The maximum atomic E-state index is 11.6. The van der Waals surface area contributed by atoms with Gasteiger partial charge in [-0.1, -0.05) is 11.6 Å². The molecule has 0 fully saturated rings. The smallest absolute Gasteiger partial charge is 0.273 e. The molecule has 1 aromatic heterocycles. The summed E-state index contributed by atoms with van der Waals surface area (Å²) in [5.41, 5.74) is 4.51. The van der Waals surface area contributed by atoms with Gasteiger partial charge in [-0.05, 0) is 49.4 Å². The predicted octanol–water partition coefficient (Wildman–Crippen LogP) is 3.49. The lowest BCUT2D eigenvalue weighted by Gasteiger charge is -1.97. The summed E-state index contributed by atoms with van der Waals surface area (Å²) < 4.78 is 5.71. The molecule has 20 heavy (non-hydrogen) atoms. The lowest BCUT2D eigenvalue weighted by molar-refractivity contribution is -0.116. The van der Waals surface area contributed by atoms with Crippen molar-refractivity contribution < 1.29 is 9.21 Å². The van der Waals surface area contributed by atoms with Gasteiger partial charge in [0.15, 0.2) is 0 Å². The van der Waals surface area contributed by atoms with Crippen LogP contribution in [0.4, 0.5) is 0 Å². The molecule has 0 saturated carbocycles. The highest BCUT2D eigenvalue weighted by Crippen LogP contribution is 2.25. The number of nitrogens with one attached hydrogen (secondary N) is 1. The molecular formula is C15H11ClN2O2. The Hall–Kier alpha value is -2.33. The Morgan fingerprint density at radius 1 is 1.20 bits per heavy atom. The minimum Gasteiger partial charge on any atom is -0.457 e. The highest BCUT2D eigenvalue weighted by molar-refractivity contribution is 6.30. The monoisotopic (exact) mass is 286 g/mol. The van der Waals surface area contributed by atoms with Crippen molar-refractivity contribution >= 4 is 29.3 Å². The molecule has 0 spiro atoms. The maximum Gasteiger partial charge on any atom is 0.273 e. The zero-order valence-corrected chi connectivity index (χ0v) is 11.4. The van der Waals surface area contributed by atoms with Gasteiger partial charge in [0.1, 0.15) is 11.5 Å². The third-order valence-corrected chi connectivity index (χ3v) is 3.25. The number of carbonyl (C=O) groups excluding carboxylic acids is 1. The number of hydrogen-bond donors (Lipinski definition) is 1. The van der Waals surface area contributed by atoms with Crippen molar-refractivity contribution in [2.24, 2.45) is 5.10 Å². The van der Waals surface area contributed by atoms with E-state index in [1.165, 1.54) is 0 Å². The van der Waals surface area contributed by atoms with Crippen LogP contribution in [0.5, 0.6) is 0 Å². The molecule has 1 aromatic carbocycles. The van der Waals surface area contributed by atoms with E-state index < -0.39 is 0 Å². The summed E-state index contributed by atoms with van der Waals surface area (Å²) in [6.07, 6.45) is 1.68. The first-order valence-electron chi connectivity index (χ1n) is 6.06. The molecule has 100 valence electrons. The number of nitrogens with zero attached hydrogens (tertiary/aromatic N) is 1. The van der Waals surface area contributed by atoms with Gasteiger partial charge in [-0.15, -0.1) is 0 Å². The molecule has 3 rings (SSSR count). The molecule has 1 amide bonds. The van der Waals surface area contributed by atoms with E-state index in [1.807, 2.05) is 24.3 Å². The Morgan fingerprint density at radius 2 is 1.95 bits per heavy atom. The molecule has 4 nitrogen and oxygen atoms in total. The fraction of sp³-hybridized carbons (Fsp3) is 0.0667. The van der Waals surface area contributed by atoms with E-state index in [9.17, 15) is 4.79 Å². The molecule has 0 radical (unpaired) electrons. The summed E-state index contributed by atoms with van der Waals surface area (Å²) in [5, 5.41) is 4.54. The van der Waals surface area contributed by atoms with Crippen LogP contribution in [0.15, 0.2) is 51.5 Å². The summed E-state index contributed by atoms with van der Waals surface area (Å²) in [7, 11) is 0. The number of amides is 1. The van der Waals surface area contributed by atoms with Crippen molar-refractivity contribution in [3.05, 3.63) is 52.8 Å². The first-order valence-corrected chi connectivity index (χ1v) is 6.44. The van der Waals surface area contributed by atoms with Crippen LogP contribution in [0.2, 0.25) is 5.02 Å². The number of carbonyl (C=O) groups is 1. The van der Waals surface area contributed by atoms with Crippen LogP contribution in [0, 0.1) is 0 Å². The summed E-state index contributed by atoms with van der Waals surface area (Å²) in [6, 6.07) is 11.0. The van der Waals surface area contributed by atoms with E-state index in [1.54, 1.807) is 25.1 Å². The highest BCUT2D eigenvalue weighted by atomic mass is 35.5. The Kier molecular flexibility index (Phi) is 3.16. The number of furan rings is 1. The van der Waals surface area contributed by atoms with Crippen molar-refractivity contribution in [1.82, 2.24) is 5.43 Å². The van der Waals surface area contributed by atoms with Gasteiger partial charge in [0.05, 0.1) is 11.3 Å². The first kappa shape index (κ1) is 12.7. The molecule has 0 bridgehead atoms. The zero-order valence-electron chi connectivity index (χ0n) is 10.7. The third-order valence-electron chi connectivity index (χ3n) is 3.00. The van der Waals surface area contributed by atoms with Gasteiger partial charge < -0.3 is 4.42 Å². The number of hydrogen-bond acceptors (Lipinski definition) is 3. The van der Waals surface area contributed by atoms with Crippen molar-refractivity contribution in [2.75, 3.05) is 0 Å². The molecule has 2 aromatic rings. The van der Waals surface area contributed by atoms with E-state index in [0.717, 1.165) is 11.3 Å². The standard InChI is InChI=1S/C15H11ClN2O2/c1-9-13(15(19)18-17-9)8-12-6-7-14(20-12)10-2-4-11(16)5-3-10/h2-8H,1H3,(H,18,19)/b13-8-. The normalized spacial score (nSPS) is 16.4. The molecule has 0 saturated heterocycles. The highest BCUT2D eigenvalue weighted by Gasteiger charge is 2.19. The maximum absolute atomic E-state index is 11.6. The van der Waals surface area contributed by atoms with Crippen LogP contribution in [-0.4, -0.2) is 11.6 Å². The quantitative estimate of drug-likeness (QED) is 0.859. The van der Waals surface area contributed by atoms with Gasteiger partial charge in [0.2, 0.25) is 0 Å². The minimum absolute atomic E-state index is 0.216. The topological polar surface area (TPSA) is 54.6 Å². The lowest BCUT2D eigenvalue weighted by Crippen LogP contribution is -2.12. The molecule has 2 heterocycles. The summed E-state index contributed by atoms with van der Waals surface area (Å²) in [4.78, 5) is 11.6. The van der Waals surface area contributed by atoms with Crippen LogP contribution in [-0.2, 0) is 4.79 Å². The number of benzene rings is 1. The molecule has 1 aliphatic rings. The zero-order chi connectivity index (χ0) is 14.1. The second-order valence-electron chi connectivity index (χ2n) is 4.41. The number of rotatable bonds is 2. The molecule has 5 heteroatoms. The first-order chi connectivity index (χ1) is 9.63. The molecule has 0 unspecified atom stereocenters. The molecule has 0 aliphatic carbocycles. The largest absolute Gasteiger partial charge is 0.457 e. The fourth-order valence-electron chi connectivity index (χ4n) is 1.93. The van der Waals surface area contributed by atoms with Gasteiger partial charge in [0.25, 0.3) is 5.91 Å². The summed E-state index contributed by atoms with van der Waals surface area (Å²) in [6.45, 7) is 1.77. The van der Waals surface area contributed by atoms with Crippen LogP contribution in [0.1, 0.15) is 12.7 Å². The summed E-state index contributed by atoms with van der Waals surface area (Å²) in [5.74, 6) is 1.12. The van der Waals surface area contributed by atoms with Gasteiger partial charge in [-0.25, -0.2) is 5.43 Å². The van der Waals surface area contributed by atoms with Gasteiger partial charge in [0, 0.05) is 10.6 Å². The fourth-order valence-corrected chi connectivity index (χ4v) is 2.06. The van der Waals surface area contributed by atoms with Crippen molar-refractivity contribution in [3.8, 4) is 11.3 Å². The lowest BCUT2D eigenvalue weighted by atomic mass is 10.1. The van der Waals surface area contributed by atoms with Crippen LogP contribution >= 0.6 is 11.6 Å². The van der Waals surface area contributed by atoms with Gasteiger partial charge >= 0.3 is 0 Å². The van der Waals surface area contributed by atoms with Crippen molar-refractivity contribution in [3.63, 3.8) is 0 Å². The average molecular weight is 287 g/mol. The Labute approximate surface area is 120 Å². The minimum atomic E-state index is -0.216. The van der Waals surface area contributed by atoms with E-state index in [2.05, 4.69) is 10.5 Å². The Morgan fingerprint density at radius 3 is 2.60 bits per heavy atom. The number of halogens is 1. The van der Waals surface area contributed by atoms with E-state index in [0.29, 0.717) is 22.1 Å². The SMILES string of the molecule is CC1=NNC(=O)/C1=C\c1ccc(-c2ccc(Cl)cc2)o1. The number of hydrazone groups is 1. The molecular weight excluding hydrogens is 276 g/mol. The molecule has 1 N–H and O–H groups in total. The summed E-state index contributed by atoms with van der Waals surface area (Å²) >= 11 is 5.85. The van der Waals surface area contributed by atoms with Crippen molar-refractivity contribution in [1.29, 1.82) is 0 Å². The Bertz CT molecular complexity index is 727. The molecule has 0 atom stereocenters. The van der Waals surface area contributed by atoms with Gasteiger partial charge in [-0.3, -0.25) is 4.79 Å². The van der Waals surface area contributed by atoms with E-state index in [4.69, 9.17) is 16.0 Å². The third kappa shape index (κ3) is 2.38. The molecule has 1 aliphatic heterocycles. The average Bonchev–Trinajstić information content (AvgIpc) is 3.02. The second-order valence-corrected chi connectivity index (χ2v) is 4.84. The van der Waals surface area contributed by atoms with E-state index in [-0.39, 0.29) is 5.91 Å². The van der Waals surface area contributed by atoms with Crippen LogP contribution in [0.3, 0.4) is 0 Å².